The fraction of sp³-hybridized carbons (Fsp3) is 0.533. The third-order valence-corrected chi connectivity index (χ3v) is 6.18. The molecule has 1 aromatic heterocycles. The maximum Gasteiger partial charge on any atom is 0.182 e. The van der Waals surface area contributed by atoms with Crippen LogP contribution in [0.2, 0.25) is 0 Å². The monoisotopic (exact) mass is 349 g/mol. The first kappa shape index (κ1) is 14.5. The second kappa shape index (κ2) is 4.53. The number of nitrogen functional groups attached to an aromatic ring is 1. The van der Waals surface area contributed by atoms with E-state index in [-0.39, 0.29) is 0 Å². The topological polar surface area (TPSA) is 69.6 Å². The van der Waals surface area contributed by atoms with Crippen LogP contribution in [0.25, 0.3) is 11.4 Å². The average molecular weight is 350 g/mol. The minimum absolute atomic E-state index is 0.314. The van der Waals surface area contributed by atoms with Crippen LogP contribution < -0.4 is 5.73 Å². The molecule has 1 saturated carbocycles. The van der Waals surface area contributed by atoms with Gasteiger partial charge in [0.25, 0.3) is 0 Å². The van der Waals surface area contributed by atoms with Gasteiger partial charge in [-0.25, -0.2) is 4.68 Å². The summed E-state index contributed by atoms with van der Waals surface area (Å²) >= 11 is 3.41. The van der Waals surface area contributed by atoms with E-state index in [1.54, 1.807) is 0 Å². The molecule has 3 rings (SSSR count). The van der Waals surface area contributed by atoms with E-state index >= 15 is 0 Å². The van der Waals surface area contributed by atoms with Gasteiger partial charge in [0.1, 0.15) is 0 Å². The first-order valence-corrected chi connectivity index (χ1v) is 7.86. The summed E-state index contributed by atoms with van der Waals surface area (Å²) in [4.78, 5) is 0. The van der Waals surface area contributed by atoms with Gasteiger partial charge in [-0.1, -0.05) is 27.7 Å². The molecule has 21 heavy (non-hydrogen) atoms. The van der Waals surface area contributed by atoms with E-state index in [1.807, 2.05) is 22.9 Å². The molecule has 0 spiro atoms. The third-order valence-electron chi connectivity index (χ3n) is 5.46. The van der Waals surface area contributed by atoms with Crippen LogP contribution in [-0.2, 0) is 6.54 Å². The van der Waals surface area contributed by atoms with Gasteiger partial charge in [-0.3, -0.25) is 0 Å². The number of anilines is 1. The van der Waals surface area contributed by atoms with Crippen molar-refractivity contribution in [3.63, 3.8) is 0 Å². The lowest BCUT2D eigenvalue weighted by atomic mass is 10.0. The van der Waals surface area contributed by atoms with Crippen molar-refractivity contribution in [3.05, 3.63) is 22.7 Å². The Kier molecular flexibility index (Phi) is 3.13. The van der Waals surface area contributed by atoms with Crippen molar-refractivity contribution >= 4 is 21.6 Å². The molecule has 2 aromatic rings. The molecule has 0 amide bonds. The van der Waals surface area contributed by atoms with Crippen LogP contribution in [0.3, 0.4) is 0 Å². The van der Waals surface area contributed by atoms with Gasteiger partial charge < -0.3 is 5.73 Å². The van der Waals surface area contributed by atoms with E-state index in [2.05, 4.69) is 59.2 Å². The molecule has 1 aromatic carbocycles. The van der Waals surface area contributed by atoms with Gasteiger partial charge in [-0.2, -0.15) is 0 Å². The lowest BCUT2D eigenvalue weighted by molar-refractivity contribution is 0.457. The number of benzene rings is 1. The van der Waals surface area contributed by atoms with Crippen LogP contribution in [0.1, 0.15) is 27.7 Å². The van der Waals surface area contributed by atoms with Crippen LogP contribution in [-0.4, -0.2) is 20.2 Å². The maximum atomic E-state index is 5.95. The summed E-state index contributed by atoms with van der Waals surface area (Å²) in [6.07, 6.45) is 0. The number of nitrogens with two attached hydrogens (primary N) is 1. The fourth-order valence-corrected chi connectivity index (χ4v) is 3.43. The molecular formula is C15H20BrN5. The number of rotatable bonds is 3. The van der Waals surface area contributed by atoms with Crippen molar-refractivity contribution < 1.29 is 0 Å². The number of tetrazole rings is 1. The normalized spacial score (nSPS) is 19.7. The van der Waals surface area contributed by atoms with Crippen LogP contribution in [0.15, 0.2) is 22.7 Å². The number of halogens is 1. The fourth-order valence-electron chi connectivity index (χ4n) is 3.18. The van der Waals surface area contributed by atoms with E-state index in [0.717, 1.165) is 22.4 Å². The number of hydrogen-bond acceptors (Lipinski definition) is 4. The van der Waals surface area contributed by atoms with E-state index in [0.29, 0.717) is 22.4 Å². The summed E-state index contributed by atoms with van der Waals surface area (Å²) in [5.74, 6) is 1.34. The van der Waals surface area contributed by atoms with Crippen molar-refractivity contribution in [2.45, 2.75) is 34.2 Å². The quantitative estimate of drug-likeness (QED) is 0.862. The van der Waals surface area contributed by atoms with Crippen molar-refractivity contribution in [2.75, 3.05) is 5.73 Å². The Morgan fingerprint density at radius 3 is 2.48 bits per heavy atom. The molecule has 0 bridgehead atoms. The van der Waals surface area contributed by atoms with Crippen molar-refractivity contribution in [3.8, 4) is 11.4 Å². The van der Waals surface area contributed by atoms with Gasteiger partial charge in [-0.05, 0) is 61.3 Å². The molecule has 112 valence electrons. The predicted octanol–water partition coefficient (Wildman–Crippen LogP) is 3.37. The average Bonchev–Trinajstić information content (AvgIpc) is 2.77. The van der Waals surface area contributed by atoms with Gasteiger partial charge in [0.05, 0.1) is 0 Å². The maximum absolute atomic E-state index is 5.95. The molecule has 2 N–H and O–H groups in total. The molecule has 0 aliphatic heterocycles. The summed E-state index contributed by atoms with van der Waals surface area (Å²) < 4.78 is 2.78. The largest absolute Gasteiger partial charge is 0.398 e. The Hall–Kier alpha value is -1.43. The van der Waals surface area contributed by atoms with E-state index < -0.39 is 0 Å². The first-order chi connectivity index (χ1) is 9.75. The highest BCUT2D eigenvalue weighted by atomic mass is 79.9. The first-order valence-electron chi connectivity index (χ1n) is 7.06. The SMILES string of the molecule is CC1(C)C(Cn2nnnc2-c2ccc(Br)c(N)c2)C1(C)C. The van der Waals surface area contributed by atoms with Gasteiger partial charge in [-0.15, -0.1) is 5.10 Å². The summed E-state index contributed by atoms with van der Waals surface area (Å²) in [6.45, 7) is 10.1. The van der Waals surface area contributed by atoms with Gasteiger partial charge in [0.2, 0.25) is 0 Å². The summed E-state index contributed by atoms with van der Waals surface area (Å²) in [5, 5.41) is 12.2. The van der Waals surface area contributed by atoms with Crippen LogP contribution in [0.4, 0.5) is 5.69 Å². The van der Waals surface area contributed by atoms with E-state index in [9.17, 15) is 0 Å². The highest BCUT2D eigenvalue weighted by molar-refractivity contribution is 9.10. The second-order valence-electron chi connectivity index (χ2n) is 6.92. The summed E-state index contributed by atoms with van der Waals surface area (Å²) in [6, 6.07) is 5.80. The standard InChI is InChI=1S/C15H20BrN5/c1-14(2)12(15(14,3)4)8-21-13(18-19-20-21)9-5-6-10(16)11(17)7-9/h5-7,12H,8,17H2,1-4H3. The number of nitrogens with zero attached hydrogens (tertiary/aromatic N) is 4. The van der Waals surface area contributed by atoms with Crippen molar-refractivity contribution in [2.24, 2.45) is 16.7 Å². The van der Waals surface area contributed by atoms with E-state index in [1.165, 1.54) is 0 Å². The molecule has 0 radical (unpaired) electrons. The Labute approximate surface area is 133 Å². The molecule has 1 aliphatic rings. The molecule has 0 unspecified atom stereocenters. The molecule has 0 saturated heterocycles. The smallest absolute Gasteiger partial charge is 0.182 e. The van der Waals surface area contributed by atoms with Gasteiger partial charge in [0, 0.05) is 22.3 Å². The summed E-state index contributed by atoms with van der Waals surface area (Å²) in [5.41, 5.74) is 8.21. The molecule has 6 heteroatoms. The third kappa shape index (κ3) is 2.16. The molecular weight excluding hydrogens is 330 g/mol. The zero-order valence-electron chi connectivity index (χ0n) is 12.8. The Bertz CT molecular complexity index is 675. The molecule has 1 aliphatic carbocycles. The molecule has 5 nitrogen and oxygen atoms in total. The second-order valence-corrected chi connectivity index (χ2v) is 7.77. The van der Waals surface area contributed by atoms with Crippen molar-refractivity contribution in [1.82, 2.24) is 20.2 Å². The lowest BCUT2D eigenvalue weighted by Crippen LogP contribution is -2.08. The van der Waals surface area contributed by atoms with E-state index in [4.69, 9.17) is 5.73 Å². The Balaban J connectivity index is 1.90. The highest BCUT2D eigenvalue weighted by Crippen LogP contribution is 2.68. The lowest BCUT2D eigenvalue weighted by Gasteiger charge is -2.07. The molecule has 1 heterocycles. The Morgan fingerprint density at radius 1 is 1.24 bits per heavy atom. The molecule has 0 atom stereocenters. The van der Waals surface area contributed by atoms with Crippen LogP contribution in [0.5, 0.6) is 0 Å². The van der Waals surface area contributed by atoms with Gasteiger partial charge >= 0.3 is 0 Å². The Morgan fingerprint density at radius 2 is 1.90 bits per heavy atom. The highest BCUT2D eigenvalue weighted by Gasteiger charge is 2.64. The van der Waals surface area contributed by atoms with Crippen molar-refractivity contribution in [1.29, 1.82) is 0 Å². The summed E-state index contributed by atoms with van der Waals surface area (Å²) in [7, 11) is 0. The predicted molar refractivity (Wildman–Crippen MR) is 86.4 cm³/mol. The number of hydrogen-bond donors (Lipinski definition) is 1. The zero-order chi connectivity index (χ0) is 15.4. The van der Waals surface area contributed by atoms with Crippen LogP contribution in [0, 0.1) is 16.7 Å². The number of aromatic nitrogens is 4. The van der Waals surface area contributed by atoms with Gasteiger partial charge in [0.15, 0.2) is 5.82 Å². The minimum atomic E-state index is 0.314. The zero-order valence-corrected chi connectivity index (χ0v) is 14.3. The minimum Gasteiger partial charge on any atom is -0.398 e. The van der Waals surface area contributed by atoms with Crippen LogP contribution >= 0.6 is 15.9 Å². The molecule has 1 fully saturated rings.